The zero-order chi connectivity index (χ0) is 16.1. The normalized spacial score (nSPS) is 16.8. The van der Waals surface area contributed by atoms with E-state index in [1.807, 2.05) is 7.05 Å². The van der Waals surface area contributed by atoms with Gasteiger partial charge in [-0.3, -0.25) is 14.9 Å². The molecule has 0 aliphatic carbocycles. The fourth-order valence-corrected chi connectivity index (χ4v) is 2.55. The summed E-state index contributed by atoms with van der Waals surface area (Å²) in [7, 11) is 3.92. The molecule has 1 saturated heterocycles. The maximum Gasteiger partial charge on any atom is 0.269 e. The van der Waals surface area contributed by atoms with Crippen LogP contribution in [0.5, 0.6) is 0 Å². The van der Waals surface area contributed by atoms with E-state index in [9.17, 15) is 14.9 Å². The number of nitro groups is 1. The average Bonchev–Trinajstić information content (AvgIpc) is 2.53. The number of benzene rings is 1. The van der Waals surface area contributed by atoms with Crippen LogP contribution in [0.15, 0.2) is 30.3 Å². The quantitative estimate of drug-likeness (QED) is 0.486. The second kappa shape index (κ2) is 7.17. The van der Waals surface area contributed by atoms with Crippen LogP contribution in [-0.4, -0.2) is 53.9 Å². The van der Waals surface area contributed by atoms with Gasteiger partial charge >= 0.3 is 0 Å². The van der Waals surface area contributed by atoms with Gasteiger partial charge in [-0.15, -0.1) is 0 Å². The minimum absolute atomic E-state index is 0.0343. The summed E-state index contributed by atoms with van der Waals surface area (Å²) >= 11 is 0. The highest BCUT2D eigenvalue weighted by atomic mass is 16.6. The van der Waals surface area contributed by atoms with E-state index in [1.54, 1.807) is 23.1 Å². The lowest BCUT2D eigenvalue weighted by Crippen LogP contribution is -2.43. The topological polar surface area (TPSA) is 66.7 Å². The average molecular weight is 303 g/mol. The van der Waals surface area contributed by atoms with Crippen LogP contribution in [0.1, 0.15) is 18.4 Å². The fourth-order valence-electron chi connectivity index (χ4n) is 2.55. The number of non-ortho nitro benzene ring substituents is 1. The highest BCUT2D eigenvalue weighted by molar-refractivity contribution is 5.91. The highest BCUT2D eigenvalue weighted by Crippen LogP contribution is 2.16. The van der Waals surface area contributed by atoms with Gasteiger partial charge in [-0.25, -0.2) is 0 Å². The van der Waals surface area contributed by atoms with Crippen LogP contribution < -0.4 is 0 Å². The van der Waals surface area contributed by atoms with Gasteiger partial charge in [0.1, 0.15) is 0 Å². The molecule has 0 unspecified atom stereocenters. The molecule has 1 heterocycles. The standard InChI is InChI=1S/C16H21N3O3/c1-17-11-9-14(10-12-17)18(2)16(20)8-5-13-3-6-15(7-4-13)19(21)22/h3-8,14H,9-12H2,1-2H3/b8-5+. The van der Waals surface area contributed by atoms with Crippen molar-refractivity contribution in [3.05, 3.63) is 46.0 Å². The van der Waals surface area contributed by atoms with Gasteiger partial charge in [0.15, 0.2) is 0 Å². The van der Waals surface area contributed by atoms with Crippen LogP contribution in [0.25, 0.3) is 6.08 Å². The number of carbonyl (C=O) groups is 1. The molecule has 1 fully saturated rings. The molecule has 1 aliphatic rings. The van der Waals surface area contributed by atoms with Crippen molar-refractivity contribution in [2.45, 2.75) is 18.9 Å². The SMILES string of the molecule is CN1CCC(N(C)C(=O)/C=C/c2ccc([N+](=O)[O-])cc2)CC1. The molecule has 0 N–H and O–H groups in total. The van der Waals surface area contributed by atoms with Crippen LogP contribution in [0.3, 0.4) is 0 Å². The van der Waals surface area contributed by atoms with E-state index in [-0.39, 0.29) is 17.6 Å². The number of amides is 1. The number of likely N-dealkylation sites (tertiary alicyclic amines) is 1. The first-order valence-electron chi connectivity index (χ1n) is 7.35. The second-order valence-corrected chi connectivity index (χ2v) is 5.67. The van der Waals surface area contributed by atoms with Crippen LogP contribution in [-0.2, 0) is 4.79 Å². The van der Waals surface area contributed by atoms with Gasteiger partial charge in [-0.1, -0.05) is 0 Å². The summed E-state index contributed by atoms with van der Waals surface area (Å²) in [5.41, 5.74) is 0.822. The van der Waals surface area contributed by atoms with Gasteiger partial charge in [-0.05, 0) is 56.8 Å². The van der Waals surface area contributed by atoms with Crippen LogP contribution in [0, 0.1) is 10.1 Å². The Morgan fingerprint density at radius 3 is 2.45 bits per heavy atom. The number of rotatable bonds is 4. The summed E-state index contributed by atoms with van der Waals surface area (Å²) in [5, 5.41) is 10.6. The number of piperidine rings is 1. The Kier molecular flexibility index (Phi) is 5.27. The van der Waals surface area contributed by atoms with Gasteiger partial charge in [-0.2, -0.15) is 0 Å². The molecule has 2 rings (SSSR count). The first-order valence-corrected chi connectivity index (χ1v) is 7.35. The summed E-state index contributed by atoms with van der Waals surface area (Å²) in [6, 6.07) is 6.43. The lowest BCUT2D eigenvalue weighted by Gasteiger charge is -2.34. The number of likely N-dealkylation sites (N-methyl/N-ethyl adjacent to an activating group) is 1. The Morgan fingerprint density at radius 2 is 1.91 bits per heavy atom. The van der Waals surface area contributed by atoms with Crippen molar-refractivity contribution < 1.29 is 9.72 Å². The number of nitro benzene ring substituents is 1. The summed E-state index contributed by atoms with van der Waals surface area (Å²) in [4.78, 5) is 26.4. The number of hydrogen-bond acceptors (Lipinski definition) is 4. The highest BCUT2D eigenvalue weighted by Gasteiger charge is 2.22. The predicted molar refractivity (Wildman–Crippen MR) is 85.4 cm³/mol. The maximum absolute atomic E-state index is 12.2. The van der Waals surface area contributed by atoms with E-state index in [0.29, 0.717) is 0 Å². The van der Waals surface area contributed by atoms with Crippen molar-refractivity contribution >= 4 is 17.7 Å². The molecule has 118 valence electrons. The van der Waals surface area contributed by atoms with E-state index in [0.717, 1.165) is 31.5 Å². The van der Waals surface area contributed by atoms with Crippen LogP contribution in [0.4, 0.5) is 5.69 Å². The third-order valence-electron chi connectivity index (χ3n) is 4.11. The largest absolute Gasteiger partial charge is 0.339 e. The molecule has 0 radical (unpaired) electrons. The molecule has 0 bridgehead atoms. The van der Waals surface area contributed by atoms with Crippen molar-refractivity contribution in [2.24, 2.45) is 0 Å². The van der Waals surface area contributed by atoms with E-state index < -0.39 is 4.92 Å². The van der Waals surface area contributed by atoms with E-state index in [1.165, 1.54) is 18.2 Å². The number of hydrogen-bond donors (Lipinski definition) is 0. The third-order valence-corrected chi connectivity index (χ3v) is 4.11. The van der Waals surface area contributed by atoms with E-state index in [4.69, 9.17) is 0 Å². The van der Waals surface area contributed by atoms with Gasteiger partial charge in [0.2, 0.25) is 5.91 Å². The van der Waals surface area contributed by atoms with Gasteiger partial charge < -0.3 is 9.80 Å². The summed E-state index contributed by atoms with van der Waals surface area (Å²) in [5.74, 6) is -0.0343. The minimum Gasteiger partial charge on any atom is -0.339 e. The Hall–Kier alpha value is -2.21. The van der Waals surface area contributed by atoms with E-state index in [2.05, 4.69) is 11.9 Å². The molecule has 0 spiro atoms. The minimum atomic E-state index is -0.438. The molecule has 1 aliphatic heterocycles. The fraction of sp³-hybridized carbons (Fsp3) is 0.438. The molecule has 1 amide bonds. The van der Waals surface area contributed by atoms with Gasteiger partial charge in [0.05, 0.1) is 4.92 Å². The van der Waals surface area contributed by atoms with Gasteiger partial charge in [0, 0.05) is 31.3 Å². The van der Waals surface area contributed by atoms with Gasteiger partial charge in [0.25, 0.3) is 5.69 Å². The van der Waals surface area contributed by atoms with Crippen molar-refractivity contribution in [1.82, 2.24) is 9.80 Å². The molecule has 6 heteroatoms. The molecule has 1 aromatic carbocycles. The molecular formula is C16H21N3O3. The lowest BCUT2D eigenvalue weighted by molar-refractivity contribution is -0.384. The molecule has 6 nitrogen and oxygen atoms in total. The Bertz CT molecular complexity index is 561. The monoisotopic (exact) mass is 303 g/mol. The number of carbonyl (C=O) groups excluding carboxylic acids is 1. The summed E-state index contributed by atoms with van der Waals surface area (Å²) in [6.45, 7) is 2.02. The van der Waals surface area contributed by atoms with E-state index >= 15 is 0 Å². The molecule has 0 saturated carbocycles. The summed E-state index contributed by atoms with van der Waals surface area (Å²) in [6.07, 6.45) is 5.20. The zero-order valence-electron chi connectivity index (χ0n) is 12.9. The lowest BCUT2D eigenvalue weighted by atomic mass is 10.0. The third kappa shape index (κ3) is 4.14. The maximum atomic E-state index is 12.2. The summed E-state index contributed by atoms with van der Waals surface area (Å²) < 4.78 is 0. The molecule has 0 aromatic heterocycles. The molecule has 22 heavy (non-hydrogen) atoms. The molecule has 1 aromatic rings. The van der Waals surface area contributed by atoms with Crippen molar-refractivity contribution in [1.29, 1.82) is 0 Å². The van der Waals surface area contributed by atoms with Crippen molar-refractivity contribution in [2.75, 3.05) is 27.2 Å². The van der Waals surface area contributed by atoms with Crippen LogP contribution in [0.2, 0.25) is 0 Å². The first-order chi connectivity index (χ1) is 10.5. The molecular weight excluding hydrogens is 282 g/mol. The zero-order valence-corrected chi connectivity index (χ0v) is 12.9. The number of nitrogens with zero attached hydrogens (tertiary/aromatic N) is 3. The van der Waals surface area contributed by atoms with Crippen LogP contribution >= 0.6 is 0 Å². The predicted octanol–water partition coefficient (Wildman–Crippen LogP) is 2.16. The Balaban J connectivity index is 1.94. The molecule has 0 atom stereocenters. The first kappa shape index (κ1) is 16.2. The Labute approximate surface area is 130 Å². The van der Waals surface area contributed by atoms with Crippen molar-refractivity contribution in [3.8, 4) is 0 Å². The second-order valence-electron chi connectivity index (χ2n) is 5.67. The smallest absolute Gasteiger partial charge is 0.269 e. The van der Waals surface area contributed by atoms with Crippen molar-refractivity contribution in [3.63, 3.8) is 0 Å². The Morgan fingerprint density at radius 1 is 1.32 bits per heavy atom.